The van der Waals surface area contributed by atoms with Gasteiger partial charge in [-0.15, -0.1) is 0 Å². The van der Waals surface area contributed by atoms with Gasteiger partial charge in [0, 0.05) is 18.4 Å². The van der Waals surface area contributed by atoms with Crippen LogP contribution in [0, 0.1) is 5.41 Å². The third-order valence-electron chi connectivity index (χ3n) is 5.45. The van der Waals surface area contributed by atoms with Gasteiger partial charge in [0.2, 0.25) is 5.91 Å². The van der Waals surface area contributed by atoms with Gasteiger partial charge >= 0.3 is 0 Å². The summed E-state index contributed by atoms with van der Waals surface area (Å²) < 4.78 is 11.4. The van der Waals surface area contributed by atoms with E-state index in [2.05, 4.69) is 5.32 Å². The monoisotopic (exact) mass is 318 g/mol. The predicted octanol–water partition coefficient (Wildman–Crippen LogP) is 1.64. The lowest BCUT2D eigenvalue weighted by Gasteiger charge is -2.57. The number of amides is 1. The molecule has 3 N–H and O–H groups in total. The van der Waals surface area contributed by atoms with Crippen LogP contribution in [-0.4, -0.2) is 36.8 Å². The van der Waals surface area contributed by atoms with Gasteiger partial charge in [-0.1, -0.05) is 32.0 Å². The minimum atomic E-state index is -0.885. The van der Waals surface area contributed by atoms with Gasteiger partial charge in [-0.2, -0.15) is 0 Å². The fourth-order valence-corrected chi connectivity index (χ4v) is 3.56. The molecular weight excluding hydrogens is 292 g/mol. The van der Waals surface area contributed by atoms with Gasteiger partial charge in [0.1, 0.15) is 17.9 Å². The molecular formula is C18H26N2O3. The van der Waals surface area contributed by atoms with Gasteiger partial charge in [0.25, 0.3) is 0 Å². The molecule has 5 nitrogen and oxygen atoms in total. The Labute approximate surface area is 137 Å². The maximum atomic E-state index is 12.7. The molecule has 0 spiro atoms. The molecule has 1 aliphatic carbocycles. The standard InChI is InChI=1S/C18H26N2O3/c1-4-22-15-10-18(19,17(15,2)3)16(21)20-13-9-12-7-5-6-8-14(12)23-11-13/h5-8,13,15H,4,9-11,19H2,1-3H3,(H,20,21). The van der Waals surface area contributed by atoms with E-state index in [1.54, 1.807) is 0 Å². The van der Waals surface area contributed by atoms with Crippen LogP contribution in [0.1, 0.15) is 32.8 Å². The van der Waals surface area contributed by atoms with Crippen LogP contribution in [0.2, 0.25) is 0 Å². The average molecular weight is 318 g/mol. The van der Waals surface area contributed by atoms with Gasteiger partial charge in [0.05, 0.1) is 12.1 Å². The molecule has 1 saturated carbocycles. The molecule has 1 heterocycles. The van der Waals surface area contributed by atoms with Crippen LogP contribution in [-0.2, 0) is 16.0 Å². The summed E-state index contributed by atoms with van der Waals surface area (Å²) in [6.07, 6.45) is 1.36. The van der Waals surface area contributed by atoms with Crippen molar-refractivity contribution < 1.29 is 14.3 Å². The third kappa shape index (κ3) is 2.62. The van der Waals surface area contributed by atoms with Gasteiger partial charge in [-0.3, -0.25) is 4.79 Å². The molecule has 0 radical (unpaired) electrons. The van der Waals surface area contributed by atoms with E-state index in [1.807, 2.05) is 45.0 Å². The molecule has 1 fully saturated rings. The second-order valence-electron chi connectivity index (χ2n) is 7.13. The van der Waals surface area contributed by atoms with E-state index in [4.69, 9.17) is 15.2 Å². The average Bonchev–Trinajstić information content (AvgIpc) is 2.54. The summed E-state index contributed by atoms with van der Waals surface area (Å²) in [5, 5.41) is 3.08. The molecule has 5 heteroatoms. The van der Waals surface area contributed by atoms with Crippen molar-refractivity contribution in [2.75, 3.05) is 13.2 Å². The second-order valence-corrected chi connectivity index (χ2v) is 7.13. The fourth-order valence-electron chi connectivity index (χ4n) is 3.56. The lowest BCUT2D eigenvalue weighted by Crippen LogP contribution is -2.76. The summed E-state index contributed by atoms with van der Waals surface area (Å²) in [6, 6.07) is 7.89. The van der Waals surface area contributed by atoms with Crippen LogP contribution in [0.5, 0.6) is 5.75 Å². The van der Waals surface area contributed by atoms with E-state index in [1.165, 1.54) is 0 Å². The molecule has 1 amide bonds. The lowest BCUT2D eigenvalue weighted by atomic mass is 9.54. The Balaban J connectivity index is 1.64. The number of carbonyl (C=O) groups excluding carboxylic acids is 1. The van der Waals surface area contributed by atoms with Crippen LogP contribution in [0.25, 0.3) is 0 Å². The van der Waals surface area contributed by atoms with Crippen molar-refractivity contribution in [3.8, 4) is 5.75 Å². The number of para-hydroxylation sites is 1. The van der Waals surface area contributed by atoms with Crippen molar-refractivity contribution in [1.82, 2.24) is 5.32 Å². The zero-order valence-electron chi connectivity index (χ0n) is 14.1. The normalized spacial score (nSPS) is 31.5. The van der Waals surface area contributed by atoms with Crippen LogP contribution < -0.4 is 15.8 Å². The van der Waals surface area contributed by atoms with Crippen molar-refractivity contribution in [3.05, 3.63) is 29.8 Å². The first-order valence-electron chi connectivity index (χ1n) is 8.30. The summed E-state index contributed by atoms with van der Waals surface area (Å²) in [6.45, 7) is 7.09. The summed E-state index contributed by atoms with van der Waals surface area (Å²) in [4.78, 5) is 12.7. The molecule has 1 aromatic carbocycles. The van der Waals surface area contributed by atoms with Gasteiger partial charge < -0.3 is 20.5 Å². The number of nitrogens with two attached hydrogens (primary N) is 1. The molecule has 3 rings (SSSR count). The van der Waals surface area contributed by atoms with Crippen LogP contribution in [0.3, 0.4) is 0 Å². The largest absolute Gasteiger partial charge is 0.491 e. The summed E-state index contributed by atoms with van der Waals surface area (Å²) in [7, 11) is 0. The summed E-state index contributed by atoms with van der Waals surface area (Å²) in [5.41, 5.74) is 6.28. The van der Waals surface area contributed by atoms with Crippen molar-refractivity contribution in [1.29, 1.82) is 0 Å². The Bertz CT molecular complexity index is 602. The third-order valence-corrected chi connectivity index (χ3v) is 5.45. The van der Waals surface area contributed by atoms with Gasteiger partial charge in [-0.05, 0) is 25.0 Å². The molecule has 1 aromatic rings. The number of nitrogens with one attached hydrogen (secondary N) is 1. The molecule has 126 valence electrons. The number of carbonyl (C=O) groups is 1. The lowest BCUT2D eigenvalue weighted by molar-refractivity contribution is -0.171. The molecule has 0 aromatic heterocycles. The first-order valence-corrected chi connectivity index (χ1v) is 8.30. The maximum Gasteiger partial charge on any atom is 0.241 e. The topological polar surface area (TPSA) is 73.6 Å². The SMILES string of the molecule is CCOC1CC(N)(C(=O)NC2COc3ccccc3C2)C1(C)C. The zero-order chi connectivity index (χ0) is 16.7. The molecule has 3 atom stereocenters. The first-order chi connectivity index (χ1) is 10.9. The fraction of sp³-hybridized carbons (Fsp3) is 0.611. The van der Waals surface area contributed by atoms with Crippen molar-refractivity contribution in [2.24, 2.45) is 11.1 Å². The van der Waals surface area contributed by atoms with Crippen molar-refractivity contribution in [3.63, 3.8) is 0 Å². The first kappa shape index (κ1) is 16.3. The Morgan fingerprint density at radius 3 is 2.87 bits per heavy atom. The highest BCUT2D eigenvalue weighted by molar-refractivity contribution is 5.89. The Kier molecular flexibility index (Phi) is 4.10. The molecule has 0 bridgehead atoms. The number of hydrogen-bond acceptors (Lipinski definition) is 4. The smallest absolute Gasteiger partial charge is 0.241 e. The second kappa shape index (κ2) is 5.80. The van der Waals surface area contributed by atoms with Crippen molar-refractivity contribution in [2.45, 2.75) is 51.3 Å². The Morgan fingerprint density at radius 1 is 1.43 bits per heavy atom. The van der Waals surface area contributed by atoms with E-state index < -0.39 is 5.54 Å². The number of hydrogen-bond donors (Lipinski definition) is 2. The number of rotatable bonds is 4. The summed E-state index contributed by atoms with van der Waals surface area (Å²) >= 11 is 0. The van der Waals surface area contributed by atoms with Crippen LogP contribution in [0.15, 0.2) is 24.3 Å². The quantitative estimate of drug-likeness (QED) is 0.885. The van der Waals surface area contributed by atoms with Crippen LogP contribution >= 0.6 is 0 Å². The molecule has 23 heavy (non-hydrogen) atoms. The zero-order valence-corrected chi connectivity index (χ0v) is 14.1. The van der Waals surface area contributed by atoms with Gasteiger partial charge in [0.15, 0.2) is 0 Å². The van der Waals surface area contributed by atoms with E-state index >= 15 is 0 Å². The molecule has 0 saturated heterocycles. The summed E-state index contributed by atoms with van der Waals surface area (Å²) in [5.74, 6) is 0.798. The number of fused-ring (bicyclic) bond motifs is 1. The van der Waals surface area contributed by atoms with E-state index in [0.717, 1.165) is 17.7 Å². The predicted molar refractivity (Wildman–Crippen MR) is 88.3 cm³/mol. The highest BCUT2D eigenvalue weighted by Gasteiger charge is 2.63. The molecule has 3 unspecified atom stereocenters. The van der Waals surface area contributed by atoms with Gasteiger partial charge in [-0.25, -0.2) is 0 Å². The highest BCUT2D eigenvalue weighted by Crippen LogP contribution is 2.49. The molecule has 2 aliphatic rings. The van der Waals surface area contributed by atoms with E-state index in [9.17, 15) is 4.79 Å². The minimum Gasteiger partial charge on any atom is -0.491 e. The van der Waals surface area contributed by atoms with E-state index in [-0.39, 0.29) is 23.5 Å². The highest BCUT2D eigenvalue weighted by atomic mass is 16.5. The maximum absolute atomic E-state index is 12.7. The molecule has 1 aliphatic heterocycles. The van der Waals surface area contributed by atoms with Crippen LogP contribution in [0.4, 0.5) is 0 Å². The van der Waals surface area contributed by atoms with Crippen molar-refractivity contribution >= 4 is 5.91 Å². The number of benzene rings is 1. The Morgan fingerprint density at radius 2 is 2.17 bits per heavy atom. The van der Waals surface area contributed by atoms with E-state index in [0.29, 0.717) is 19.6 Å². The number of ether oxygens (including phenoxy) is 2. The Hall–Kier alpha value is -1.59. The minimum absolute atomic E-state index is 0.0339.